The lowest BCUT2D eigenvalue weighted by molar-refractivity contribution is -0.263. The fraction of sp³-hybridized carbons (Fsp3) is 0.933. The normalized spacial score (nSPS) is 40.3. The molecule has 21 heavy (non-hydrogen) atoms. The van der Waals surface area contributed by atoms with Crippen molar-refractivity contribution in [2.75, 3.05) is 6.61 Å². The molecule has 0 N–H and O–H groups in total. The van der Waals surface area contributed by atoms with E-state index in [1.54, 1.807) is 6.92 Å². The van der Waals surface area contributed by atoms with Gasteiger partial charge in [-0.25, -0.2) is 0 Å². The molecule has 2 saturated carbocycles. The molecule has 0 aliphatic heterocycles. The van der Waals surface area contributed by atoms with Crippen molar-refractivity contribution in [2.45, 2.75) is 53.0 Å². The van der Waals surface area contributed by atoms with Crippen molar-refractivity contribution >= 4 is 5.97 Å². The number of halogens is 3. The van der Waals surface area contributed by atoms with Crippen LogP contribution in [0.15, 0.2) is 0 Å². The van der Waals surface area contributed by atoms with Crippen molar-refractivity contribution < 1.29 is 27.4 Å². The van der Waals surface area contributed by atoms with Gasteiger partial charge in [-0.2, -0.15) is 13.2 Å². The lowest BCUT2D eigenvalue weighted by Gasteiger charge is -2.42. The summed E-state index contributed by atoms with van der Waals surface area (Å²) in [6.07, 6.45) is -5.22. The summed E-state index contributed by atoms with van der Waals surface area (Å²) in [7, 11) is 0. The number of carbonyl (C=O) groups is 1. The minimum atomic E-state index is -4.58. The van der Waals surface area contributed by atoms with Crippen LogP contribution in [0.3, 0.4) is 0 Å². The first-order chi connectivity index (χ1) is 9.65. The Kier molecular flexibility index (Phi) is 4.30. The Morgan fingerprint density at radius 3 is 2.38 bits per heavy atom. The molecule has 2 aliphatic rings. The SMILES string of the molecule is CCOC(C)OC(=O)C1(C(F)(F)F)CC2CC1C(C)C2C. The Morgan fingerprint density at radius 1 is 1.33 bits per heavy atom. The zero-order chi connectivity index (χ0) is 16.0. The van der Waals surface area contributed by atoms with Crippen LogP contribution in [-0.4, -0.2) is 25.0 Å². The molecule has 0 saturated heterocycles. The maximum absolute atomic E-state index is 13.7. The molecule has 0 aromatic rings. The fourth-order valence-corrected chi connectivity index (χ4v) is 4.24. The van der Waals surface area contributed by atoms with Crippen LogP contribution in [0, 0.1) is 29.1 Å². The number of fused-ring (bicyclic) bond motifs is 2. The number of ether oxygens (including phenoxy) is 2. The summed E-state index contributed by atoms with van der Waals surface area (Å²) in [6.45, 7) is 7.22. The third-order valence-corrected chi connectivity index (χ3v) is 5.53. The van der Waals surface area contributed by atoms with Gasteiger partial charge in [0.15, 0.2) is 11.7 Å². The summed E-state index contributed by atoms with van der Waals surface area (Å²) in [4.78, 5) is 12.3. The lowest BCUT2D eigenvalue weighted by Crippen LogP contribution is -2.53. The number of alkyl halides is 3. The maximum atomic E-state index is 13.7. The molecule has 0 aromatic carbocycles. The van der Waals surface area contributed by atoms with Crippen LogP contribution in [0.1, 0.15) is 40.5 Å². The summed E-state index contributed by atoms with van der Waals surface area (Å²) in [5.74, 6) is -1.80. The third kappa shape index (κ3) is 2.45. The lowest BCUT2D eigenvalue weighted by atomic mass is 9.65. The molecule has 3 nitrogen and oxygen atoms in total. The molecule has 0 heterocycles. The highest BCUT2D eigenvalue weighted by Crippen LogP contribution is 2.66. The van der Waals surface area contributed by atoms with E-state index in [2.05, 4.69) is 0 Å². The van der Waals surface area contributed by atoms with Crippen molar-refractivity contribution in [2.24, 2.45) is 29.1 Å². The van der Waals surface area contributed by atoms with E-state index in [1.165, 1.54) is 6.92 Å². The number of esters is 1. The second-order valence-electron chi connectivity index (χ2n) is 6.42. The van der Waals surface area contributed by atoms with E-state index in [0.29, 0.717) is 6.42 Å². The van der Waals surface area contributed by atoms with Gasteiger partial charge in [-0.05, 0) is 50.4 Å². The Bertz CT molecular complexity index is 407. The van der Waals surface area contributed by atoms with Crippen molar-refractivity contribution in [3.05, 3.63) is 0 Å². The van der Waals surface area contributed by atoms with Crippen molar-refractivity contribution in [1.82, 2.24) is 0 Å². The zero-order valence-corrected chi connectivity index (χ0v) is 12.9. The fourth-order valence-electron chi connectivity index (χ4n) is 4.24. The first kappa shape index (κ1) is 16.6. The smallest absolute Gasteiger partial charge is 0.405 e. The van der Waals surface area contributed by atoms with E-state index in [-0.39, 0.29) is 30.8 Å². The van der Waals surface area contributed by atoms with E-state index >= 15 is 0 Å². The van der Waals surface area contributed by atoms with Gasteiger partial charge in [-0.3, -0.25) is 4.79 Å². The molecule has 6 unspecified atom stereocenters. The summed E-state index contributed by atoms with van der Waals surface area (Å²) in [6, 6.07) is 0. The van der Waals surface area contributed by atoms with Crippen LogP contribution in [-0.2, 0) is 14.3 Å². The highest BCUT2D eigenvalue weighted by molar-refractivity contribution is 5.79. The topological polar surface area (TPSA) is 35.5 Å². The summed E-state index contributed by atoms with van der Waals surface area (Å²) < 4.78 is 51.2. The zero-order valence-electron chi connectivity index (χ0n) is 12.9. The van der Waals surface area contributed by atoms with E-state index in [0.717, 1.165) is 0 Å². The second kappa shape index (κ2) is 5.45. The van der Waals surface area contributed by atoms with Gasteiger partial charge in [-0.1, -0.05) is 13.8 Å². The predicted octanol–water partition coefficient (Wildman–Crippen LogP) is 3.77. The summed E-state index contributed by atoms with van der Waals surface area (Å²) >= 11 is 0. The summed E-state index contributed by atoms with van der Waals surface area (Å²) in [5.41, 5.74) is -2.35. The molecule has 0 radical (unpaired) electrons. The number of carbonyl (C=O) groups excluding carboxylic acids is 1. The van der Waals surface area contributed by atoms with Crippen molar-refractivity contribution in [1.29, 1.82) is 0 Å². The van der Waals surface area contributed by atoms with E-state index in [1.807, 2.05) is 13.8 Å². The van der Waals surface area contributed by atoms with Crippen LogP contribution < -0.4 is 0 Å². The first-order valence-corrected chi connectivity index (χ1v) is 7.54. The highest BCUT2D eigenvalue weighted by atomic mass is 19.4. The molecule has 2 fully saturated rings. The molecule has 6 atom stereocenters. The van der Waals surface area contributed by atoms with Gasteiger partial charge in [0.05, 0.1) is 0 Å². The minimum Gasteiger partial charge on any atom is -0.435 e. The molecule has 2 bridgehead atoms. The van der Waals surface area contributed by atoms with Gasteiger partial charge < -0.3 is 9.47 Å². The molecule has 122 valence electrons. The molecule has 0 spiro atoms. The number of rotatable bonds is 4. The quantitative estimate of drug-likeness (QED) is 0.586. The van der Waals surface area contributed by atoms with Crippen LogP contribution in [0.5, 0.6) is 0 Å². The van der Waals surface area contributed by atoms with Gasteiger partial charge in [0, 0.05) is 6.61 Å². The van der Waals surface area contributed by atoms with Crippen LogP contribution in [0.4, 0.5) is 13.2 Å². The van der Waals surface area contributed by atoms with Gasteiger partial charge in [0.2, 0.25) is 0 Å². The monoisotopic (exact) mass is 308 g/mol. The van der Waals surface area contributed by atoms with Crippen molar-refractivity contribution in [3.63, 3.8) is 0 Å². The largest absolute Gasteiger partial charge is 0.435 e. The molecule has 2 rings (SSSR count). The number of hydrogen-bond donors (Lipinski definition) is 0. The van der Waals surface area contributed by atoms with E-state index < -0.39 is 29.8 Å². The van der Waals surface area contributed by atoms with E-state index in [4.69, 9.17) is 9.47 Å². The Labute approximate surface area is 123 Å². The summed E-state index contributed by atoms with van der Waals surface area (Å²) in [5, 5.41) is 0. The average Bonchev–Trinajstić information content (AvgIpc) is 2.88. The van der Waals surface area contributed by atoms with Gasteiger partial charge in [0.1, 0.15) is 0 Å². The molecule has 2 aliphatic carbocycles. The standard InChI is InChI=1S/C15H23F3O3/c1-5-20-10(4)21-13(19)14(15(16,17)18)7-11-6-12(14)9(3)8(11)2/h8-12H,5-7H2,1-4H3. The van der Waals surface area contributed by atoms with E-state index in [9.17, 15) is 18.0 Å². The third-order valence-electron chi connectivity index (χ3n) is 5.53. The van der Waals surface area contributed by atoms with Gasteiger partial charge in [-0.15, -0.1) is 0 Å². The molecule has 0 amide bonds. The van der Waals surface area contributed by atoms with Crippen LogP contribution in [0.25, 0.3) is 0 Å². The molecular formula is C15H23F3O3. The average molecular weight is 308 g/mol. The Morgan fingerprint density at radius 2 is 1.95 bits per heavy atom. The maximum Gasteiger partial charge on any atom is 0.405 e. The Balaban J connectivity index is 2.27. The Hall–Kier alpha value is -0.780. The highest BCUT2D eigenvalue weighted by Gasteiger charge is 2.73. The molecular weight excluding hydrogens is 285 g/mol. The van der Waals surface area contributed by atoms with Crippen LogP contribution >= 0.6 is 0 Å². The van der Waals surface area contributed by atoms with Gasteiger partial charge in [0.25, 0.3) is 0 Å². The second-order valence-corrected chi connectivity index (χ2v) is 6.42. The van der Waals surface area contributed by atoms with Gasteiger partial charge >= 0.3 is 12.1 Å². The molecule has 0 aromatic heterocycles. The van der Waals surface area contributed by atoms with Crippen molar-refractivity contribution in [3.8, 4) is 0 Å². The van der Waals surface area contributed by atoms with Crippen LogP contribution in [0.2, 0.25) is 0 Å². The minimum absolute atomic E-state index is 0.0541. The molecule has 6 heteroatoms. The first-order valence-electron chi connectivity index (χ1n) is 7.54. The number of hydrogen-bond acceptors (Lipinski definition) is 3. The predicted molar refractivity (Wildman–Crippen MR) is 70.2 cm³/mol.